The molecule has 1 aliphatic rings. The van der Waals surface area contributed by atoms with Crippen LogP contribution >= 0.6 is 0 Å². The highest BCUT2D eigenvalue weighted by atomic mass is 19.1. The minimum absolute atomic E-state index is 0.0356. The first-order valence-electron chi connectivity index (χ1n) is 6.64. The van der Waals surface area contributed by atoms with Crippen molar-refractivity contribution < 1.29 is 9.13 Å². The van der Waals surface area contributed by atoms with Gasteiger partial charge >= 0.3 is 0 Å². The molecule has 3 heteroatoms. The molecule has 1 fully saturated rings. The van der Waals surface area contributed by atoms with Gasteiger partial charge in [-0.3, -0.25) is 0 Å². The molecule has 2 unspecified atom stereocenters. The second-order valence-corrected chi connectivity index (χ2v) is 5.34. The zero-order chi connectivity index (χ0) is 13.2. The molecule has 0 aliphatic carbocycles. The highest BCUT2D eigenvalue weighted by Gasteiger charge is 2.37. The number of ether oxygens (including phenoxy) is 1. The van der Waals surface area contributed by atoms with Crippen molar-refractivity contribution >= 4 is 0 Å². The number of nitrogens with one attached hydrogen (secondary N) is 1. The molecule has 0 amide bonds. The van der Waals surface area contributed by atoms with Crippen molar-refractivity contribution in [2.24, 2.45) is 0 Å². The minimum Gasteiger partial charge on any atom is -0.373 e. The van der Waals surface area contributed by atoms with E-state index in [9.17, 15) is 4.39 Å². The summed E-state index contributed by atoms with van der Waals surface area (Å²) in [4.78, 5) is 0. The molecule has 1 heterocycles. The quantitative estimate of drug-likeness (QED) is 0.889. The topological polar surface area (TPSA) is 21.3 Å². The van der Waals surface area contributed by atoms with Gasteiger partial charge in [-0.2, -0.15) is 0 Å². The Kier molecular flexibility index (Phi) is 4.03. The fourth-order valence-electron chi connectivity index (χ4n) is 2.90. The lowest BCUT2D eigenvalue weighted by atomic mass is 9.82. The fourth-order valence-corrected chi connectivity index (χ4v) is 2.90. The number of halogens is 1. The average molecular weight is 251 g/mol. The van der Waals surface area contributed by atoms with Crippen molar-refractivity contribution in [3.8, 4) is 0 Å². The van der Waals surface area contributed by atoms with Crippen molar-refractivity contribution in [3.05, 3.63) is 35.1 Å². The Labute approximate surface area is 109 Å². The van der Waals surface area contributed by atoms with E-state index in [0.717, 1.165) is 30.6 Å². The third-order valence-corrected chi connectivity index (χ3v) is 3.95. The van der Waals surface area contributed by atoms with E-state index in [-0.39, 0.29) is 17.5 Å². The highest BCUT2D eigenvalue weighted by molar-refractivity contribution is 5.31. The van der Waals surface area contributed by atoms with E-state index in [0.29, 0.717) is 0 Å². The van der Waals surface area contributed by atoms with Crippen LogP contribution in [0.1, 0.15) is 43.4 Å². The predicted octanol–water partition coefficient (Wildman–Crippen LogP) is 3.35. The molecule has 0 radical (unpaired) electrons. The number of rotatable bonds is 3. The monoisotopic (exact) mass is 251 g/mol. The van der Waals surface area contributed by atoms with Gasteiger partial charge in [0.15, 0.2) is 0 Å². The molecule has 0 bridgehead atoms. The van der Waals surface area contributed by atoms with Crippen LogP contribution in [-0.4, -0.2) is 19.3 Å². The average Bonchev–Trinajstić information content (AvgIpc) is 2.35. The van der Waals surface area contributed by atoms with Crippen molar-refractivity contribution in [2.45, 2.75) is 44.8 Å². The first kappa shape index (κ1) is 13.5. The molecule has 1 aromatic rings. The minimum atomic E-state index is -0.244. The van der Waals surface area contributed by atoms with E-state index < -0.39 is 0 Å². The SMILES string of the molecule is CNC(c1cc(F)ccc1C)C1(C)CCCCO1. The second-order valence-electron chi connectivity index (χ2n) is 5.34. The van der Waals surface area contributed by atoms with Gasteiger partial charge in [0.2, 0.25) is 0 Å². The van der Waals surface area contributed by atoms with Gasteiger partial charge in [-0.15, -0.1) is 0 Å². The summed E-state index contributed by atoms with van der Waals surface area (Å²) in [6.45, 7) is 4.94. The van der Waals surface area contributed by atoms with Crippen LogP contribution in [0, 0.1) is 12.7 Å². The van der Waals surface area contributed by atoms with Crippen LogP contribution in [0.5, 0.6) is 0 Å². The van der Waals surface area contributed by atoms with Gasteiger partial charge in [0.25, 0.3) is 0 Å². The molecule has 2 nitrogen and oxygen atoms in total. The summed E-state index contributed by atoms with van der Waals surface area (Å²) in [6.07, 6.45) is 3.30. The first-order valence-corrected chi connectivity index (χ1v) is 6.64. The van der Waals surface area contributed by atoms with E-state index in [2.05, 4.69) is 12.2 Å². The Bertz CT molecular complexity index is 413. The van der Waals surface area contributed by atoms with Crippen molar-refractivity contribution in [1.29, 1.82) is 0 Å². The van der Waals surface area contributed by atoms with Gasteiger partial charge in [-0.25, -0.2) is 4.39 Å². The van der Waals surface area contributed by atoms with Gasteiger partial charge in [0.1, 0.15) is 5.82 Å². The van der Waals surface area contributed by atoms with Crippen molar-refractivity contribution in [2.75, 3.05) is 13.7 Å². The smallest absolute Gasteiger partial charge is 0.123 e. The molecular formula is C15H22FNO. The fraction of sp³-hybridized carbons (Fsp3) is 0.600. The number of hydrogen-bond acceptors (Lipinski definition) is 2. The van der Waals surface area contributed by atoms with Crippen LogP contribution in [0.25, 0.3) is 0 Å². The zero-order valence-corrected chi connectivity index (χ0v) is 11.4. The number of hydrogen-bond donors (Lipinski definition) is 1. The Hall–Kier alpha value is -0.930. The maximum atomic E-state index is 13.5. The van der Waals surface area contributed by atoms with Gasteiger partial charge < -0.3 is 10.1 Å². The number of likely N-dealkylation sites (N-methyl/N-ethyl adjacent to an activating group) is 1. The molecular weight excluding hydrogens is 229 g/mol. The van der Waals surface area contributed by atoms with Crippen LogP contribution in [0.4, 0.5) is 4.39 Å². The molecule has 1 N–H and O–H groups in total. The van der Waals surface area contributed by atoms with E-state index in [1.165, 1.54) is 12.5 Å². The third kappa shape index (κ3) is 2.57. The second kappa shape index (κ2) is 5.37. The summed E-state index contributed by atoms with van der Waals surface area (Å²) < 4.78 is 19.5. The summed E-state index contributed by atoms with van der Waals surface area (Å²) in [5.41, 5.74) is 1.86. The van der Waals surface area contributed by atoms with Crippen LogP contribution in [0.3, 0.4) is 0 Å². The number of aryl methyl sites for hydroxylation is 1. The molecule has 1 aromatic carbocycles. The van der Waals surface area contributed by atoms with E-state index in [4.69, 9.17) is 4.74 Å². The lowest BCUT2D eigenvalue weighted by Crippen LogP contribution is -2.45. The summed E-state index contributed by atoms with van der Waals surface area (Å²) in [5, 5.41) is 3.30. The molecule has 2 rings (SSSR count). The van der Waals surface area contributed by atoms with E-state index in [1.807, 2.05) is 20.0 Å². The lowest BCUT2D eigenvalue weighted by Gasteiger charge is -2.41. The van der Waals surface area contributed by atoms with Crippen molar-refractivity contribution in [3.63, 3.8) is 0 Å². The lowest BCUT2D eigenvalue weighted by molar-refractivity contribution is -0.0886. The Morgan fingerprint density at radius 2 is 2.17 bits per heavy atom. The molecule has 1 saturated heterocycles. The molecule has 0 spiro atoms. The predicted molar refractivity (Wildman–Crippen MR) is 71.1 cm³/mol. The summed E-state index contributed by atoms with van der Waals surface area (Å²) in [5.74, 6) is -0.185. The van der Waals surface area contributed by atoms with Crippen LogP contribution in [0.15, 0.2) is 18.2 Å². The Balaban J connectivity index is 2.35. The van der Waals surface area contributed by atoms with E-state index in [1.54, 1.807) is 6.07 Å². The zero-order valence-electron chi connectivity index (χ0n) is 11.4. The maximum absolute atomic E-state index is 13.5. The highest BCUT2D eigenvalue weighted by Crippen LogP contribution is 2.37. The summed E-state index contributed by atoms with van der Waals surface area (Å²) >= 11 is 0. The van der Waals surface area contributed by atoms with Crippen LogP contribution < -0.4 is 5.32 Å². The molecule has 0 aromatic heterocycles. The largest absolute Gasteiger partial charge is 0.373 e. The van der Waals surface area contributed by atoms with E-state index >= 15 is 0 Å². The standard InChI is InChI=1S/C15H22FNO/c1-11-6-7-12(16)10-13(11)14(17-3)15(2)8-4-5-9-18-15/h6-7,10,14,17H,4-5,8-9H2,1-3H3. The molecule has 100 valence electrons. The van der Waals surface area contributed by atoms with Gasteiger partial charge in [0, 0.05) is 6.61 Å². The van der Waals surface area contributed by atoms with Crippen LogP contribution in [-0.2, 0) is 4.74 Å². The molecule has 0 saturated carbocycles. The Morgan fingerprint density at radius 3 is 2.78 bits per heavy atom. The first-order chi connectivity index (χ1) is 8.57. The van der Waals surface area contributed by atoms with Crippen molar-refractivity contribution in [1.82, 2.24) is 5.32 Å². The molecule has 2 atom stereocenters. The maximum Gasteiger partial charge on any atom is 0.123 e. The normalized spacial score (nSPS) is 26.0. The molecule has 18 heavy (non-hydrogen) atoms. The number of benzene rings is 1. The third-order valence-electron chi connectivity index (χ3n) is 3.95. The van der Waals surface area contributed by atoms with Gasteiger partial charge in [-0.1, -0.05) is 6.07 Å². The van der Waals surface area contributed by atoms with Gasteiger partial charge in [-0.05, 0) is 63.4 Å². The summed E-state index contributed by atoms with van der Waals surface area (Å²) in [6, 6.07) is 5.00. The Morgan fingerprint density at radius 1 is 1.39 bits per heavy atom. The van der Waals surface area contributed by atoms with Crippen LogP contribution in [0.2, 0.25) is 0 Å². The summed E-state index contributed by atoms with van der Waals surface area (Å²) in [7, 11) is 1.91. The van der Waals surface area contributed by atoms with Gasteiger partial charge in [0.05, 0.1) is 11.6 Å². The molecule has 1 aliphatic heterocycles.